The molecule has 1 aromatic heterocycles. The van der Waals surface area contributed by atoms with E-state index in [0.717, 1.165) is 16.8 Å². The highest BCUT2D eigenvalue weighted by molar-refractivity contribution is 6.35. The first-order chi connectivity index (χ1) is 11.9. The topological polar surface area (TPSA) is 75.9 Å². The number of hydrogen-bond donors (Lipinski definition) is 3. The fourth-order valence-corrected chi connectivity index (χ4v) is 2.84. The van der Waals surface area contributed by atoms with Crippen molar-refractivity contribution in [3.05, 3.63) is 63.9 Å². The zero-order chi connectivity index (χ0) is 18.0. The Morgan fingerprint density at radius 1 is 0.880 bits per heavy atom. The molecule has 0 spiro atoms. The number of aromatic nitrogens is 2. The van der Waals surface area contributed by atoms with Crippen molar-refractivity contribution in [2.45, 2.75) is 13.8 Å². The average molecular weight is 374 g/mol. The van der Waals surface area contributed by atoms with Crippen LogP contribution in [0.4, 0.5) is 28.7 Å². The molecule has 3 aromatic rings. The quantitative estimate of drug-likeness (QED) is 0.565. The van der Waals surface area contributed by atoms with Crippen molar-refractivity contribution < 1.29 is 0 Å². The van der Waals surface area contributed by atoms with Crippen LogP contribution < -0.4 is 16.4 Å². The van der Waals surface area contributed by atoms with Crippen LogP contribution in [0.15, 0.2) is 42.7 Å². The van der Waals surface area contributed by atoms with E-state index < -0.39 is 0 Å². The molecule has 0 radical (unpaired) electrons. The minimum atomic E-state index is 0.387. The van der Waals surface area contributed by atoms with Gasteiger partial charge in [-0.25, -0.2) is 9.97 Å². The summed E-state index contributed by atoms with van der Waals surface area (Å²) in [7, 11) is 0. The lowest BCUT2D eigenvalue weighted by molar-refractivity contribution is 1.17. The minimum absolute atomic E-state index is 0.387. The monoisotopic (exact) mass is 373 g/mol. The smallest absolute Gasteiger partial charge is 0.159 e. The molecule has 0 bridgehead atoms. The lowest BCUT2D eigenvalue weighted by Crippen LogP contribution is -2.05. The Balaban J connectivity index is 1.90. The number of nitrogen functional groups attached to an aromatic ring is 1. The maximum absolute atomic E-state index is 6.22. The van der Waals surface area contributed by atoms with Crippen molar-refractivity contribution in [1.29, 1.82) is 0 Å². The summed E-state index contributed by atoms with van der Waals surface area (Å²) in [4.78, 5) is 8.42. The normalized spacial score (nSPS) is 10.6. The van der Waals surface area contributed by atoms with E-state index in [0.29, 0.717) is 33.1 Å². The molecule has 0 aliphatic rings. The fourth-order valence-electron chi connectivity index (χ4n) is 2.50. The molecule has 3 rings (SSSR count). The van der Waals surface area contributed by atoms with Gasteiger partial charge in [0.15, 0.2) is 11.6 Å². The van der Waals surface area contributed by atoms with Gasteiger partial charge in [0.25, 0.3) is 0 Å². The Labute approximate surface area is 156 Å². The summed E-state index contributed by atoms with van der Waals surface area (Å²) < 4.78 is 0. The third-order valence-corrected chi connectivity index (χ3v) is 4.11. The van der Waals surface area contributed by atoms with E-state index >= 15 is 0 Å². The predicted octanol–water partition coefficient (Wildman–Crippen LogP) is 5.47. The molecule has 0 aliphatic carbocycles. The van der Waals surface area contributed by atoms with Gasteiger partial charge in [0, 0.05) is 10.7 Å². The van der Waals surface area contributed by atoms with E-state index in [1.165, 1.54) is 6.33 Å². The summed E-state index contributed by atoms with van der Waals surface area (Å²) in [5.41, 5.74) is 10.4. The first kappa shape index (κ1) is 17.3. The van der Waals surface area contributed by atoms with Gasteiger partial charge in [-0.2, -0.15) is 0 Å². The maximum Gasteiger partial charge on any atom is 0.159 e. The molecule has 25 heavy (non-hydrogen) atoms. The lowest BCUT2D eigenvalue weighted by atomic mass is 10.1. The van der Waals surface area contributed by atoms with Gasteiger partial charge in [-0.15, -0.1) is 0 Å². The Kier molecular flexibility index (Phi) is 4.97. The number of anilines is 5. The molecule has 2 aromatic carbocycles. The second kappa shape index (κ2) is 7.17. The first-order valence-electron chi connectivity index (χ1n) is 7.60. The summed E-state index contributed by atoms with van der Waals surface area (Å²) in [6, 6.07) is 11.3. The number of nitrogens with one attached hydrogen (secondary N) is 2. The van der Waals surface area contributed by atoms with Crippen molar-refractivity contribution in [2.75, 3.05) is 16.4 Å². The number of halogens is 2. The number of aryl methyl sites for hydroxylation is 2. The summed E-state index contributed by atoms with van der Waals surface area (Å²) in [6.45, 7) is 4.07. The molecule has 0 aliphatic heterocycles. The molecule has 0 saturated heterocycles. The van der Waals surface area contributed by atoms with Gasteiger partial charge in [-0.05, 0) is 55.3 Å². The van der Waals surface area contributed by atoms with Crippen LogP contribution in [0, 0.1) is 13.8 Å². The van der Waals surface area contributed by atoms with E-state index in [2.05, 4.69) is 26.7 Å². The van der Waals surface area contributed by atoms with E-state index in [9.17, 15) is 0 Å². The predicted molar refractivity (Wildman–Crippen MR) is 105 cm³/mol. The van der Waals surface area contributed by atoms with E-state index in [-0.39, 0.29) is 0 Å². The Morgan fingerprint density at radius 3 is 2.20 bits per heavy atom. The molecule has 0 unspecified atom stereocenters. The third kappa shape index (κ3) is 4.13. The summed E-state index contributed by atoms with van der Waals surface area (Å²) in [5.74, 6) is 0.965. The van der Waals surface area contributed by atoms with Crippen molar-refractivity contribution in [3.63, 3.8) is 0 Å². The van der Waals surface area contributed by atoms with Crippen molar-refractivity contribution in [2.24, 2.45) is 0 Å². The van der Waals surface area contributed by atoms with Gasteiger partial charge >= 0.3 is 0 Å². The molecular weight excluding hydrogens is 357 g/mol. The standard InChI is InChI=1S/C18H17Cl2N5/c1-10-5-11(2)7-13(6-10)24-17-16(21)18(23-9-22-17)25-15-8-12(19)3-4-14(15)20/h3-9H,21H2,1-2H3,(H2,22,23,24,25). The van der Waals surface area contributed by atoms with Gasteiger partial charge in [-0.3, -0.25) is 0 Å². The van der Waals surface area contributed by atoms with Crippen LogP contribution in [0.1, 0.15) is 11.1 Å². The van der Waals surface area contributed by atoms with Gasteiger partial charge in [0.05, 0.1) is 10.7 Å². The fraction of sp³-hybridized carbons (Fsp3) is 0.111. The van der Waals surface area contributed by atoms with E-state index in [1.54, 1.807) is 18.2 Å². The summed E-state index contributed by atoms with van der Waals surface area (Å²) in [6.07, 6.45) is 1.43. The number of benzene rings is 2. The van der Waals surface area contributed by atoms with Gasteiger partial charge in [0.2, 0.25) is 0 Å². The highest BCUT2D eigenvalue weighted by Gasteiger charge is 2.11. The van der Waals surface area contributed by atoms with Crippen LogP contribution in [0.3, 0.4) is 0 Å². The Bertz CT molecular complexity index is 907. The Hall–Kier alpha value is -2.50. The molecule has 5 nitrogen and oxygen atoms in total. The van der Waals surface area contributed by atoms with Crippen molar-refractivity contribution in [1.82, 2.24) is 9.97 Å². The Morgan fingerprint density at radius 2 is 1.52 bits per heavy atom. The molecule has 128 valence electrons. The molecule has 0 amide bonds. The van der Waals surface area contributed by atoms with Gasteiger partial charge in [0.1, 0.15) is 12.0 Å². The molecule has 0 saturated carbocycles. The van der Waals surface area contributed by atoms with Crippen LogP contribution in [0.5, 0.6) is 0 Å². The second-order valence-electron chi connectivity index (χ2n) is 5.74. The van der Waals surface area contributed by atoms with Crippen LogP contribution in [0.25, 0.3) is 0 Å². The molecule has 0 atom stereocenters. The zero-order valence-electron chi connectivity index (χ0n) is 13.8. The van der Waals surface area contributed by atoms with E-state index in [4.69, 9.17) is 28.9 Å². The third-order valence-electron chi connectivity index (χ3n) is 3.55. The average Bonchev–Trinajstić information content (AvgIpc) is 2.54. The largest absolute Gasteiger partial charge is 0.393 e. The molecule has 4 N–H and O–H groups in total. The van der Waals surface area contributed by atoms with E-state index in [1.807, 2.05) is 26.0 Å². The van der Waals surface area contributed by atoms with Crippen LogP contribution in [-0.4, -0.2) is 9.97 Å². The molecule has 0 fully saturated rings. The van der Waals surface area contributed by atoms with Crippen LogP contribution in [-0.2, 0) is 0 Å². The molecule has 7 heteroatoms. The number of nitrogens with zero attached hydrogens (tertiary/aromatic N) is 2. The minimum Gasteiger partial charge on any atom is -0.393 e. The molecule has 1 heterocycles. The SMILES string of the molecule is Cc1cc(C)cc(Nc2ncnc(Nc3cc(Cl)ccc3Cl)c2N)c1. The van der Waals surface area contributed by atoms with Crippen LogP contribution in [0.2, 0.25) is 10.0 Å². The summed E-state index contributed by atoms with van der Waals surface area (Å²) >= 11 is 12.2. The number of hydrogen-bond acceptors (Lipinski definition) is 5. The van der Waals surface area contributed by atoms with Crippen molar-refractivity contribution >= 4 is 51.9 Å². The number of rotatable bonds is 4. The van der Waals surface area contributed by atoms with Gasteiger partial charge < -0.3 is 16.4 Å². The zero-order valence-corrected chi connectivity index (χ0v) is 15.3. The van der Waals surface area contributed by atoms with Crippen LogP contribution >= 0.6 is 23.2 Å². The van der Waals surface area contributed by atoms with Gasteiger partial charge in [-0.1, -0.05) is 29.3 Å². The number of nitrogens with two attached hydrogens (primary N) is 1. The lowest BCUT2D eigenvalue weighted by Gasteiger charge is -2.14. The van der Waals surface area contributed by atoms with Crippen molar-refractivity contribution in [3.8, 4) is 0 Å². The highest BCUT2D eigenvalue weighted by Crippen LogP contribution is 2.32. The molecular formula is C18H17Cl2N5. The first-order valence-corrected chi connectivity index (χ1v) is 8.36. The highest BCUT2D eigenvalue weighted by atomic mass is 35.5. The second-order valence-corrected chi connectivity index (χ2v) is 6.58. The summed E-state index contributed by atoms with van der Waals surface area (Å²) in [5, 5.41) is 7.41. The maximum atomic E-state index is 6.22.